The lowest BCUT2D eigenvalue weighted by atomic mass is 10.0. The minimum atomic E-state index is -0.335. The third-order valence-electron chi connectivity index (χ3n) is 5.49. The van der Waals surface area contributed by atoms with Crippen LogP contribution in [0.1, 0.15) is 34.3 Å². The maximum atomic E-state index is 13.5. The van der Waals surface area contributed by atoms with Crippen LogP contribution in [0.15, 0.2) is 54.7 Å². The lowest BCUT2D eigenvalue weighted by Crippen LogP contribution is -2.35. The van der Waals surface area contributed by atoms with Crippen LogP contribution in [0.4, 0.5) is 5.69 Å². The van der Waals surface area contributed by atoms with E-state index in [-0.39, 0.29) is 29.9 Å². The van der Waals surface area contributed by atoms with Gasteiger partial charge in [0.1, 0.15) is 11.3 Å². The fourth-order valence-electron chi connectivity index (χ4n) is 3.81. The van der Waals surface area contributed by atoms with Crippen molar-refractivity contribution in [3.8, 4) is 11.6 Å². The number of hydrogen-bond donors (Lipinski definition) is 0. The molecule has 0 spiro atoms. The fraction of sp³-hybridized carbons (Fsp3) is 0.240. The Bertz CT molecular complexity index is 1200. The molecular formula is C25H22Cl2N2O4. The van der Waals surface area contributed by atoms with Crippen molar-refractivity contribution >= 4 is 40.8 Å². The Balaban J connectivity index is 1.60. The van der Waals surface area contributed by atoms with Crippen molar-refractivity contribution in [2.75, 3.05) is 18.6 Å². The number of rotatable bonds is 6. The molecule has 6 nitrogen and oxygen atoms in total. The first-order chi connectivity index (χ1) is 16.0. The van der Waals surface area contributed by atoms with Gasteiger partial charge in [0.15, 0.2) is 0 Å². The van der Waals surface area contributed by atoms with Gasteiger partial charge in [0, 0.05) is 35.9 Å². The Kier molecular flexibility index (Phi) is 7.16. The fourth-order valence-corrected chi connectivity index (χ4v) is 4.28. The van der Waals surface area contributed by atoms with Crippen LogP contribution in [0.3, 0.4) is 0 Å². The largest absolute Gasteiger partial charge is 0.469 e. The van der Waals surface area contributed by atoms with E-state index in [0.29, 0.717) is 34.1 Å². The first-order valence-corrected chi connectivity index (χ1v) is 11.3. The number of nitrogens with zero attached hydrogens (tertiary/aromatic N) is 2. The van der Waals surface area contributed by atoms with Crippen molar-refractivity contribution in [1.29, 1.82) is 0 Å². The molecule has 1 amide bonds. The molecule has 3 aromatic rings. The molecule has 1 aromatic heterocycles. The first-order valence-electron chi connectivity index (χ1n) is 10.6. The van der Waals surface area contributed by atoms with Gasteiger partial charge in [-0.3, -0.25) is 9.59 Å². The Morgan fingerprint density at radius 1 is 1.09 bits per heavy atom. The molecule has 0 radical (unpaired) electrons. The minimum Gasteiger partial charge on any atom is -0.469 e. The number of methoxy groups -OCH3 is 1. The van der Waals surface area contributed by atoms with Crippen molar-refractivity contribution in [2.24, 2.45) is 0 Å². The molecule has 2 heterocycles. The quantitative estimate of drug-likeness (QED) is 0.408. The molecule has 2 aromatic carbocycles. The molecule has 170 valence electrons. The van der Waals surface area contributed by atoms with E-state index >= 15 is 0 Å². The number of aromatic nitrogens is 1. The number of para-hydroxylation sites is 1. The molecular weight excluding hydrogens is 463 g/mol. The highest BCUT2D eigenvalue weighted by molar-refractivity contribution is 6.34. The number of esters is 1. The van der Waals surface area contributed by atoms with Crippen LogP contribution in [-0.2, 0) is 22.4 Å². The summed E-state index contributed by atoms with van der Waals surface area (Å²) >= 11 is 12.8. The second kappa shape index (κ2) is 10.2. The second-order valence-electron chi connectivity index (χ2n) is 7.60. The van der Waals surface area contributed by atoms with Crippen LogP contribution in [0.5, 0.6) is 11.6 Å². The van der Waals surface area contributed by atoms with E-state index in [1.165, 1.54) is 7.11 Å². The van der Waals surface area contributed by atoms with Crippen LogP contribution in [0.25, 0.3) is 0 Å². The van der Waals surface area contributed by atoms with Crippen molar-refractivity contribution < 1.29 is 19.1 Å². The number of fused-ring (bicyclic) bond motifs is 1. The molecule has 0 N–H and O–H groups in total. The van der Waals surface area contributed by atoms with Crippen molar-refractivity contribution in [3.05, 3.63) is 81.5 Å². The van der Waals surface area contributed by atoms with Gasteiger partial charge < -0.3 is 14.4 Å². The SMILES string of the molecule is COC(=O)CCc1cc(Cl)c(Oc2ncccc2C(=O)N2CCCc3ccccc32)cc1Cl. The summed E-state index contributed by atoms with van der Waals surface area (Å²) in [7, 11) is 1.34. The summed E-state index contributed by atoms with van der Waals surface area (Å²) in [5.74, 6) is -0.110. The van der Waals surface area contributed by atoms with Crippen LogP contribution in [0.2, 0.25) is 10.0 Å². The van der Waals surface area contributed by atoms with E-state index in [2.05, 4.69) is 9.72 Å². The highest BCUT2D eigenvalue weighted by Crippen LogP contribution is 2.36. The third-order valence-corrected chi connectivity index (χ3v) is 6.14. The summed E-state index contributed by atoms with van der Waals surface area (Å²) in [6, 6.07) is 14.5. The van der Waals surface area contributed by atoms with Crippen LogP contribution >= 0.6 is 23.2 Å². The number of amides is 1. The summed E-state index contributed by atoms with van der Waals surface area (Å²) in [4.78, 5) is 30.9. The maximum absolute atomic E-state index is 13.5. The zero-order valence-corrected chi connectivity index (χ0v) is 19.5. The Labute approximate surface area is 202 Å². The van der Waals surface area contributed by atoms with E-state index in [0.717, 1.165) is 24.1 Å². The smallest absolute Gasteiger partial charge is 0.305 e. The van der Waals surface area contributed by atoms with Gasteiger partial charge in [-0.2, -0.15) is 0 Å². The van der Waals surface area contributed by atoms with E-state index in [9.17, 15) is 9.59 Å². The van der Waals surface area contributed by atoms with Gasteiger partial charge in [0.25, 0.3) is 5.91 Å². The van der Waals surface area contributed by atoms with Gasteiger partial charge in [-0.1, -0.05) is 41.4 Å². The average Bonchev–Trinajstić information content (AvgIpc) is 2.84. The highest BCUT2D eigenvalue weighted by atomic mass is 35.5. The van der Waals surface area contributed by atoms with Gasteiger partial charge in [-0.25, -0.2) is 4.98 Å². The first kappa shape index (κ1) is 23.1. The number of ether oxygens (including phenoxy) is 2. The van der Waals surface area contributed by atoms with Crippen LogP contribution < -0.4 is 9.64 Å². The van der Waals surface area contributed by atoms with E-state index in [4.69, 9.17) is 27.9 Å². The van der Waals surface area contributed by atoms with Crippen molar-refractivity contribution in [3.63, 3.8) is 0 Å². The van der Waals surface area contributed by atoms with Gasteiger partial charge in [-0.15, -0.1) is 0 Å². The van der Waals surface area contributed by atoms with Crippen molar-refractivity contribution in [1.82, 2.24) is 4.98 Å². The number of carbonyl (C=O) groups is 2. The number of hydrogen-bond acceptors (Lipinski definition) is 5. The lowest BCUT2D eigenvalue weighted by molar-refractivity contribution is -0.140. The molecule has 0 fully saturated rings. The number of carbonyl (C=O) groups excluding carboxylic acids is 2. The summed E-state index contributed by atoms with van der Waals surface area (Å²) in [6.07, 6.45) is 3.94. The summed E-state index contributed by atoms with van der Waals surface area (Å²) in [5.41, 5.74) is 3.07. The standard InChI is InChI=1S/C25H22Cl2N2O4/c1-32-23(30)11-10-17-14-20(27)22(15-19(17)26)33-24-18(8-4-12-28-24)25(31)29-13-5-7-16-6-2-3-9-21(16)29/h2-4,6,8-9,12,14-15H,5,7,10-11,13H2,1H3. The number of aryl methyl sites for hydroxylation is 2. The summed E-state index contributed by atoms with van der Waals surface area (Å²) in [5, 5.41) is 0.693. The number of pyridine rings is 1. The minimum absolute atomic E-state index is 0.144. The van der Waals surface area contributed by atoms with Gasteiger partial charge >= 0.3 is 5.97 Å². The Morgan fingerprint density at radius 2 is 1.91 bits per heavy atom. The van der Waals surface area contributed by atoms with Gasteiger partial charge in [0.2, 0.25) is 5.88 Å². The van der Waals surface area contributed by atoms with E-state index in [1.807, 2.05) is 24.3 Å². The zero-order valence-electron chi connectivity index (χ0n) is 18.0. The Hall–Kier alpha value is -3.09. The molecule has 0 saturated carbocycles. The van der Waals surface area contributed by atoms with E-state index < -0.39 is 0 Å². The molecule has 0 saturated heterocycles. The van der Waals surface area contributed by atoms with Gasteiger partial charge in [0.05, 0.1) is 12.1 Å². The number of benzene rings is 2. The molecule has 0 atom stereocenters. The van der Waals surface area contributed by atoms with Crippen molar-refractivity contribution in [2.45, 2.75) is 25.7 Å². The molecule has 8 heteroatoms. The normalized spacial score (nSPS) is 12.8. The summed E-state index contributed by atoms with van der Waals surface area (Å²) < 4.78 is 10.6. The molecule has 4 rings (SSSR count). The number of anilines is 1. The zero-order chi connectivity index (χ0) is 23.4. The predicted molar refractivity (Wildman–Crippen MR) is 128 cm³/mol. The van der Waals surface area contributed by atoms with Crippen LogP contribution in [0, 0.1) is 0 Å². The molecule has 0 unspecified atom stereocenters. The van der Waals surface area contributed by atoms with E-state index in [1.54, 1.807) is 35.4 Å². The second-order valence-corrected chi connectivity index (χ2v) is 8.41. The van der Waals surface area contributed by atoms with Gasteiger partial charge in [-0.05, 0) is 54.7 Å². The third kappa shape index (κ3) is 5.13. The number of halogens is 2. The topological polar surface area (TPSA) is 68.7 Å². The lowest BCUT2D eigenvalue weighted by Gasteiger charge is -2.29. The maximum Gasteiger partial charge on any atom is 0.305 e. The highest BCUT2D eigenvalue weighted by Gasteiger charge is 2.26. The Morgan fingerprint density at radius 3 is 2.73 bits per heavy atom. The molecule has 1 aliphatic rings. The van der Waals surface area contributed by atoms with Crippen LogP contribution in [-0.4, -0.2) is 30.5 Å². The molecule has 0 aliphatic carbocycles. The molecule has 1 aliphatic heterocycles. The molecule has 33 heavy (non-hydrogen) atoms. The summed E-state index contributed by atoms with van der Waals surface area (Å²) in [6.45, 7) is 0.617. The molecule has 0 bridgehead atoms. The monoisotopic (exact) mass is 484 g/mol. The predicted octanol–water partition coefficient (Wildman–Crippen LogP) is 5.88. The average molecular weight is 485 g/mol.